The van der Waals surface area contributed by atoms with Gasteiger partial charge in [0.1, 0.15) is 16.4 Å². The molecule has 1 heterocycles. The second kappa shape index (κ2) is 12.6. The van der Waals surface area contributed by atoms with Crippen LogP contribution in [0.3, 0.4) is 0 Å². The van der Waals surface area contributed by atoms with Gasteiger partial charge in [0, 0.05) is 42.3 Å². The fourth-order valence-electron chi connectivity index (χ4n) is 3.81. The van der Waals surface area contributed by atoms with Gasteiger partial charge in [-0.3, -0.25) is 10.1 Å². The Balaban J connectivity index is 1.44. The van der Waals surface area contributed by atoms with Crippen molar-refractivity contribution in [2.75, 3.05) is 26.2 Å². The predicted molar refractivity (Wildman–Crippen MR) is 154 cm³/mol. The minimum Gasteiger partial charge on any atom is -0.456 e. The lowest BCUT2D eigenvalue weighted by Gasteiger charge is -2.35. The number of rotatable bonds is 6. The molecule has 0 radical (unpaired) electrons. The number of carbonyl (C=O) groups excluding carboxylic acids is 1. The Kier molecular flexibility index (Phi) is 9.22. The third kappa shape index (κ3) is 7.35. The molecule has 1 amide bonds. The van der Waals surface area contributed by atoms with Crippen LogP contribution in [0.1, 0.15) is 11.1 Å². The quantitative estimate of drug-likeness (QED) is 0.311. The minimum atomic E-state index is -4.05. The average Bonchev–Trinajstić information content (AvgIpc) is 2.92. The summed E-state index contributed by atoms with van der Waals surface area (Å²) in [6.07, 6.45) is 3.06. The molecule has 1 N–H and O–H groups in total. The number of nitriles is 1. The van der Waals surface area contributed by atoms with Gasteiger partial charge in [-0.2, -0.15) is 9.57 Å². The molecule has 0 aliphatic carbocycles. The number of piperazine rings is 1. The van der Waals surface area contributed by atoms with Crippen molar-refractivity contribution in [3.8, 4) is 17.6 Å². The summed E-state index contributed by atoms with van der Waals surface area (Å²) in [5.41, 5.74) is 1.04. The fraction of sp³-hybridized carbons (Fsp3) is 0.148. The topological polar surface area (TPSA) is 103 Å². The maximum absolute atomic E-state index is 13.6. The number of carbonyl (C=O) groups is 1. The van der Waals surface area contributed by atoms with Gasteiger partial charge in [0.25, 0.3) is 0 Å². The van der Waals surface area contributed by atoms with E-state index in [1.54, 1.807) is 11.0 Å². The fourth-order valence-corrected chi connectivity index (χ4v) is 6.16. The van der Waals surface area contributed by atoms with Crippen molar-refractivity contribution >= 4 is 62.5 Å². The molecule has 12 heteroatoms. The van der Waals surface area contributed by atoms with Crippen molar-refractivity contribution in [3.05, 3.63) is 94.0 Å². The molecule has 0 unspecified atom stereocenters. The zero-order chi connectivity index (χ0) is 28.0. The molecule has 1 fully saturated rings. The van der Waals surface area contributed by atoms with Crippen molar-refractivity contribution in [1.82, 2.24) is 14.5 Å². The maximum Gasteiger partial charge on any atom is 0.250 e. The van der Waals surface area contributed by atoms with Gasteiger partial charge in [-0.1, -0.05) is 53.5 Å². The highest BCUT2D eigenvalue weighted by atomic mass is 35.5. The number of hydrogen-bond donors (Lipinski definition) is 1. The first kappa shape index (κ1) is 28.5. The molecule has 0 aromatic heterocycles. The van der Waals surface area contributed by atoms with E-state index in [1.165, 1.54) is 46.8 Å². The molecule has 1 saturated heterocycles. The summed E-state index contributed by atoms with van der Waals surface area (Å²) in [7, 11) is -4.05. The molecule has 0 atom stereocenters. The third-order valence-corrected chi connectivity index (χ3v) is 8.45. The van der Waals surface area contributed by atoms with Gasteiger partial charge in [0.2, 0.25) is 15.9 Å². The summed E-state index contributed by atoms with van der Waals surface area (Å²) < 4.78 is 34.4. The molecule has 3 aromatic carbocycles. The van der Waals surface area contributed by atoms with E-state index >= 15 is 0 Å². The Bertz CT molecular complexity index is 1550. The summed E-state index contributed by atoms with van der Waals surface area (Å²) >= 11 is 17.5. The summed E-state index contributed by atoms with van der Waals surface area (Å²) in [5.74, 6) is -0.0984. The van der Waals surface area contributed by atoms with E-state index in [1.807, 2.05) is 36.4 Å². The van der Waals surface area contributed by atoms with Gasteiger partial charge in [-0.15, -0.1) is 0 Å². The molecule has 0 spiro atoms. The molecule has 8 nitrogen and oxygen atoms in total. The summed E-state index contributed by atoms with van der Waals surface area (Å²) in [4.78, 5) is 13.9. The summed E-state index contributed by atoms with van der Waals surface area (Å²) in [5, 5.41) is 12.9. The van der Waals surface area contributed by atoms with E-state index < -0.39 is 10.0 Å². The smallest absolute Gasteiger partial charge is 0.250 e. The van der Waals surface area contributed by atoms with E-state index in [9.17, 15) is 18.5 Å². The molecule has 0 saturated carbocycles. The van der Waals surface area contributed by atoms with Crippen LogP contribution in [0.15, 0.2) is 77.7 Å². The van der Waals surface area contributed by atoms with Gasteiger partial charge in [-0.25, -0.2) is 8.42 Å². The van der Waals surface area contributed by atoms with Crippen LogP contribution in [0.2, 0.25) is 10.0 Å². The predicted octanol–water partition coefficient (Wildman–Crippen LogP) is 5.08. The van der Waals surface area contributed by atoms with Crippen LogP contribution in [0.25, 0.3) is 6.08 Å². The van der Waals surface area contributed by atoms with Crippen molar-refractivity contribution in [3.63, 3.8) is 0 Å². The van der Waals surface area contributed by atoms with Crippen molar-refractivity contribution in [2.45, 2.75) is 4.90 Å². The first-order valence-electron chi connectivity index (χ1n) is 11.7. The van der Waals surface area contributed by atoms with Crippen LogP contribution in [-0.4, -0.2) is 54.8 Å². The van der Waals surface area contributed by atoms with Gasteiger partial charge >= 0.3 is 0 Å². The molecule has 3 aromatic rings. The first-order valence-corrected chi connectivity index (χ1v) is 14.3. The normalized spacial score (nSPS) is 14.1. The lowest BCUT2D eigenvalue weighted by atomic mass is 10.2. The summed E-state index contributed by atoms with van der Waals surface area (Å²) in [6.45, 7) is 0.742. The van der Waals surface area contributed by atoms with Crippen LogP contribution >= 0.6 is 35.4 Å². The molecule has 0 bridgehead atoms. The van der Waals surface area contributed by atoms with E-state index in [-0.39, 0.29) is 59.2 Å². The van der Waals surface area contributed by atoms with Crippen LogP contribution < -0.4 is 10.1 Å². The summed E-state index contributed by atoms with van der Waals surface area (Å²) in [6, 6.07) is 20.0. The highest BCUT2D eigenvalue weighted by Crippen LogP contribution is 2.34. The SMILES string of the molecule is N#Cc1ccc(Oc2cc(Cl)cc(Cl)c2)c(S(=O)(=O)N2CCN(C(=S)NC(=O)C=Cc3ccccc3)CC2)c1. The number of halogens is 2. The Labute approximate surface area is 242 Å². The molecule has 39 heavy (non-hydrogen) atoms. The third-order valence-electron chi connectivity index (χ3n) is 5.74. The van der Waals surface area contributed by atoms with Crippen molar-refractivity contribution in [2.24, 2.45) is 0 Å². The second-order valence-electron chi connectivity index (χ2n) is 8.41. The minimum absolute atomic E-state index is 0.0303. The standard InChI is InChI=1S/C27H22Cl2N4O4S2/c28-21-15-22(29)17-23(16-21)37-24-8-6-20(18-30)14-25(24)39(35,36)33-12-10-32(11-13-33)27(38)31-26(34)9-7-19-4-2-1-3-5-19/h1-9,14-17H,10-13H2,(H,31,34,38). The van der Waals surface area contributed by atoms with E-state index in [4.69, 9.17) is 40.2 Å². The van der Waals surface area contributed by atoms with Gasteiger partial charge in [0.05, 0.1) is 11.6 Å². The molecular formula is C27H22Cl2N4O4S2. The first-order chi connectivity index (χ1) is 18.7. The monoisotopic (exact) mass is 600 g/mol. The Morgan fingerprint density at radius 1 is 1.00 bits per heavy atom. The number of sulfonamides is 1. The highest BCUT2D eigenvalue weighted by Gasteiger charge is 2.32. The van der Waals surface area contributed by atoms with Gasteiger partial charge < -0.3 is 9.64 Å². The molecule has 4 rings (SSSR count). The van der Waals surface area contributed by atoms with E-state index in [0.29, 0.717) is 10.0 Å². The highest BCUT2D eigenvalue weighted by molar-refractivity contribution is 7.89. The van der Waals surface area contributed by atoms with Crippen molar-refractivity contribution in [1.29, 1.82) is 5.26 Å². The number of thiocarbonyl (C=S) groups is 1. The number of nitrogens with one attached hydrogen (secondary N) is 1. The Morgan fingerprint density at radius 2 is 1.67 bits per heavy atom. The van der Waals surface area contributed by atoms with E-state index in [2.05, 4.69) is 5.32 Å². The number of nitrogens with zero attached hydrogens (tertiary/aromatic N) is 3. The molecule has 1 aliphatic heterocycles. The number of amides is 1. The number of benzene rings is 3. The van der Waals surface area contributed by atoms with Crippen molar-refractivity contribution < 1.29 is 17.9 Å². The van der Waals surface area contributed by atoms with Crippen LogP contribution in [-0.2, 0) is 14.8 Å². The molecule has 1 aliphatic rings. The average molecular weight is 602 g/mol. The number of hydrogen-bond acceptors (Lipinski definition) is 6. The Hall–Kier alpha value is -3.46. The van der Waals surface area contributed by atoms with Crippen LogP contribution in [0, 0.1) is 11.3 Å². The van der Waals surface area contributed by atoms with Crippen LogP contribution in [0.4, 0.5) is 0 Å². The lowest BCUT2D eigenvalue weighted by Crippen LogP contribution is -2.53. The second-order valence-corrected chi connectivity index (χ2v) is 11.6. The Morgan fingerprint density at radius 3 is 2.31 bits per heavy atom. The lowest BCUT2D eigenvalue weighted by molar-refractivity contribution is -0.115. The van der Waals surface area contributed by atoms with Crippen LogP contribution in [0.5, 0.6) is 11.5 Å². The largest absolute Gasteiger partial charge is 0.456 e. The van der Waals surface area contributed by atoms with Gasteiger partial charge in [-0.05, 0) is 60.3 Å². The number of ether oxygens (including phenoxy) is 1. The maximum atomic E-state index is 13.6. The molecular weight excluding hydrogens is 579 g/mol. The zero-order valence-corrected chi connectivity index (χ0v) is 23.5. The molecule has 200 valence electrons. The zero-order valence-electron chi connectivity index (χ0n) is 20.4. The van der Waals surface area contributed by atoms with E-state index in [0.717, 1.165) is 5.56 Å². The van der Waals surface area contributed by atoms with Gasteiger partial charge in [0.15, 0.2) is 5.11 Å².